The lowest BCUT2D eigenvalue weighted by atomic mass is 10.2. The van der Waals surface area contributed by atoms with Crippen molar-refractivity contribution < 1.29 is 14.7 Å². The van der Waals surface area contributed by atoms with E-state index in [4.69, 9.17) is 16.7 Å². The largest absolute Gasteiger partial charge is 0.480 e. The van der Waals surface area contributed by atoms with Crippen molar-refractivity contribution in [2.75, 3.05) is 11.9 Å². The Morgan fingerprint density at radius 2 is 2.21 bits per heavy atom. The lowest BCUT2D eigenvalue weighted by Gasteiger charge is -2.13. The molecule has 0 saturated carbocycles. The Hall–Kier alpha value is -1.85. The number of halogens is 1. The third kappa shape index (κ3) is 5.54. The number of rotatable bonds is 7. The van der Waals surface area contributed by atoms with Gasteiger partial charge in [0.15, 0.2) is 0 Å². The van der Waals surface area contributed by atoms with Gasteiger partial charge in [-0.25, -0.2) is 0 Å². The first kappa shape index (κ1) is 15.2. The van der Waals surface area contributed by atoms with Crippen LogP contribution >= 0.6 is 11.6 Å². The number of amides is 1. The monoisotopic (exact) mass is 282 g/mol. The fourth-order valence-corrected chi connectivity index (χ4v) is 1.63. The van der Waals surface area contributed by atoms with Crippen LogP contribution in [0.4, 0.5) is 5.69 Å². The van der Waals surface area contributed by atoms with Gasteiger partial charge in [-0.15, -0.1) is 6.58 Å². The van der Waals surface area contributed by atoms with Crippen LogP contribution in [0.5, 0.6) is 0 Å². The zero-order valence-corrected chi connectivity index (χ0v) is 11.0. The molecule has 0 aromatic heterocycles. The first-order chi connectivity index (χ1) is 9.02. The highest BCUT2D eigenvalue weighted by Gasteiger charge is 2.20. The van der Waals surface area contributed by atoms with Gasteiger partial charge in [-0.05, 0) is 18.2 Å². The highest BCUT2D eigenvalue weighted by Crippen LogP contribution is 2.15. The molecule has 6 heteroatoms. The van der Waals surface area contributed by atoms with E-state index in [1.54, 1.807) is 24.3 Å². The molecule has 0 fully saturated rings. The second kappa shape index (κ2) is 7.56. The van der Waals surface area contributed by atoms with Crippen LogP contribution in [0, 0.1) is 0 Å². The third-order valence-corrected chi connectivity index (χ3v) is 2.54. The van der Waals surface area contributed by atoms with Crippen molar-refractivity contribution in [2.24, 2.45) is 0 Å². The van der Waals surface area contributed by atoms with E-state index >= 15 is 0 Å². The number of benzene rings is 1. The van der Waals surface area contributed by atoms with E-state index in [1.165, 1.54) is 6.08 Å². The number of nitrogens with one attached hydrogen (secondary N) is 2. The van der Waals surface area contributed by atoms with Gasteiger partial charge in [0.25, 0.3) is 0 Å². The Morgan fingerprint density at radius 1 is 1.47 bits per heavy atom. The normalized spacial score (nSPS) is 11.6. The Bertz CT molecular complexity index is 477. The van der Waals surface area contributed by atoms with E-state index in [0.717, 1.165) is 0 Å². The summed E-state index contributed by atoms with van der Waals surface area (Å²) in [6, 6.07) is 5.70. The van der Waals surface area contributed by atoms with Crippen molar-refractivity contribution >= 4 is 29.2 Å². The molecule has 0 bridgehead atoms. The van der Waals surface area contributed by atoms with Crippen LogP contribution in [0.1, 0.15) is 6.42 Å². The van der Waals surface area contributed by atoms with Gasteiger partial charge in [0, 0.05) is 17.3 Å². The molecular formula is C13H15ClN2O3. The van der Waals surface area contributed by atoms with Gasteiger partial charge in [0.1, 0.15) is 6.04 Å². The van der Waals surface area contributed by atoms with Crippen molar-refractivity contribution in [3.05, 3.63) is 41.9 Å². The molecule has 1 aromatic carbocycles. The molecule has 3 N–H and O–H groups in total. The van der Waals surface area contributed by atoms with Crippen molar-refractivity contribution in [1.82, 2.24) is 5.32 Å². The maximum atomic E-state index is 11.7. The van der Waals surface area contributed by atoms with Gasteiger partial charge in [-0.3, -0.25) is 9.59 Å². The van der Waals surface area contributed by atoms with Gasteiger partial charge in [0.2, 0.25) is 5.91 Å². The van der Waals surface area contributed by atoms with Crippen LogP contribution in [0.3, 0.4) is 0 Å². The zero-order valence-electron chi connectivity index (χ0n) is 10.2. The van der Waals surface area contributed by atoms with Crippen LogP contribution in [-0.2, 0) is 9.59 Å². The average Bonchev–Trinajstić information content (AvgIpc) is 2.34. The summed E-state index contributed by atoms with van der Waals surface area (Å²) in [5.74, 6) is -1.48. The summed E-state index contributed by atoms with van der Waals surface area (Å²) in [5.41, 5.74) is 0.533. The topological polar surface area (TPSA) is 78.4 Å². The van der Waals surface area contributed by atoms with E-state index in [2.05, 4.69) is 17.2 Å². The molecule has 19 heavy (non-hydrogen) atoms. The maximum absolute atomic E-state index is 11.7. The lowest BCUT2D eigenvalue weighted by Crippen LogP contribution is -2.39. The first-order valence-electron chi connectivity index (χ1n) is 5.65. The number of aliphatic carboxylic acids is 1. The fourth-order valence-electron chi connectivity index (χ4n) is 1.44. The van der Waals surface area contributed by atoms with Gasteiger partial charge in [-0.1, -0.05) is 23.7 Å². The molecule has 0 radical (unpaired) electrons. The summed E-state index contributed by atoms with van der Waals surface area (Å²) in [7, 11) is 0. The molecule has 0 spiro atoms. The quantitative estimate of drug-likeness (QED) is 0.668. The van der Waals surface area contributed by atoms with Crippen LogP contribution < -0.4 is 10.6 Å². The number of anilines is 1. The summed E-state index contributed by atoms with van der Waals surface area (Å²) in [6.07, 6.45) is 1.36. The molecule has 5 nitrogen and oxygen atoms in total. The number of carbonyl (C=O) groups excluding carboxylic acids is 1. The van der Waals surface area contributed by atoms with Gasteiger partial charge < -0.3 is 15.7 Å². The van der Waals surface area contributed by atoms with Crippen molar-refractivity contribution in [3.63, 3.8) is 0 Å². The summed E-state index contributed by atoms with van der Waals surface area (Å²) in [6.45, 7) is 3.80. The van der Waals surface area contributed by atoms with Crippen LogP contribution in [-0.4, -0.2) is 29.6 Å². The fraction of sp³-hybridized carbons (Fsp3) is 0.231. The van der Waals surface area contributed by atoms with Crippen LogP contribution in [0.2, 0.25) is 5.02 Å². The molecule has 0 aliphatic carbocycles. The Kier molecular flexibility index (Phi) is 6.05. The molecule has 0 saturated heterocycles. The summed E-state index contributed by atoms with van der Waals surface area (Å²) >= 11 is 5.78. The Balaban J connectivity index is 2.57. The van der Waals surface area contributed by atoms with E-state index in [9.17, 15) is 9.59 Å². The van der Waals surface area contributed by atoms with Gasteiger partial charge in [-0.2, -0.15) is 0 Å². The Labute approximate surface area is 116 Å². The molecule has 1 atom stereocenters. The molecule has 0 aliphatic heterocycles. The minimum Gasteiger partial charge on any atom is -0.480 e. The molecule has 1 rings (SSSR count). The highest BCUT2D eigenvalue weighted by atomic mass is 35.5. The SMILES string of the molecule is C=CCNC(CC(=O)Nc1cccc(Cl)c1)C(=O)O. The molecule has 1 aromatic rings. The molecule has 0 heterocycles. The van der Waals surface area contributed by atoms with Crippen LogP contribution in [0.25, 0.3) is 0 Å². The third-order valence-electron chi connectivity index (χ3n) is 2.30. The van der Waals surface area contributed by atoms with E-state index in [-0.39, 0.29) is 6.42 Å². The van der Waals surface area contributed by atoms with Crippen molar-refractivity contribution in [3.8, 4) is 0 Å². The smallest absolute Gasteiger partial charge is 0.321 e. The van der Waals surface area contributed by atoms with E-state index < -0.39 is 17.9 Å². The van der Waals surface area contributed by atoms with Crippen molar-refractivity contribution in [2.45, 2.75) is 12.5 Å². The number of hydrogen-bond acceptors (Lipinski definition) is 3. The molecule has 102 valence electrons. The average molecular weight is 283 g/mol. The molecule has 1 amide bonds. The summed E-state index contributed by atoms with van der Waals surface area (Å²) in [5, 5.41) is 14.7. The van der Waals surface area contributed by atoms with Gasteiger partial charge >= 0.3 is 5.97 Å². The summed E-state index contributed by atoms with van der Waals surface area (Å²) < 4.78 is 0. The molecule has 1 unspecified atom stereocenters. The number of carboxylic acid groups (broad SMARTS) is 1. The highest BCUT2D eigenvalue weighted by molar-refractivity contribution is 6.30. The lowest BCUT2D eigenvalue weighted by molar-refractivity contribution is -0.140. The number of hydrogen-bond donors (Lipinski definition) is 3. The number of carboxylic acids is 1. The van der Waals surface area contributed by atoms with Crippen molar-refractivity contribution in [1.29, 1.82) is 0 Å². The predicted molar refractivity (Wildman–Crippen MR) is 74.3 cm³/mol. The zero-order chi connectivity index (χ0) is 14.3. The molecule has 0 aliphatic rings. The van der Waals surface area contributed by atoms with E-state index in [1.807, 2.05) is 0 Å². The minimum atomic E-state index is -1.08. The Morgan fingerprint density at radius 3 is 2.79 bits per heavy atom. The van der Waals surface area contributed by atoms with Crippen LogP contribution in [0.15, 0.2) is 36.9 Å². The standard InChI is InChI=1S/C13H15ClN2O3/c1-2-6-15-11(13(18)19)8-12(17)16-10-5-3-4-9(14)7-10/h2-5,7,11,15H,1,6,8H2,(H,16,17)(H,18,19). The summed E-state index contributed by atoms with van der Waals surface area (Å²) in [4.78, 5) is 22.7. The molecular weight excluding hydrogens is 268 g/mol. The van der Waals surface area contributed by atoms with Gasteiger partial charge in [0.05, 0.1) is 6.42 Å². The van der Waals surface area contributed by atoms with E-state index in [0.29, 0.717) is 17.3 Å². The second-order valence-corrected chi connectivity index (χ2v) is 4.29. The first-order valence-corrected chi connectivity index (χ1v) is 6.03. The predicted octanol–water partition coefficient (Wildman–Crippen LogP) is 1.90. The minimum absolute atomic E-state index is 0.171. The second-order valence-electron chi connectivity index (χ2n) is 3.85. The maximum Gasteiger partial charge on any atom is 0.321 e. The number of carbonyl (C=O) groups is 2.